The standard InChI is InChI=1S/C13H10Br2FNOS/c1-7(8-2-4-9(16)5-3-8)17-13(18)11-6-10(14)12(15)19-11/h2-7H,1H3,(H,17,18)/t7-/m1/s1. The smallest absolute Gasteiger partial charge is 0.261 e. The number of halogens is 3. The first-order chi connectivity index (χ1) is 8.97. The van der Waals surface area contributed by atoms with E-state index in [0.29, 0.717) is 4.88 Å². The molecule has 2 rings (SSSR count). The van der Waals surface area contributed by atoms with Crippen LogP contribution in [0.3, 0.4) is 0 Å². The Labute approximate surface area is 131 Å². The monoisotopic (exact) mass is 405 g/mol. The third-order valence-electron chi connectivity index (χ3n) is 2.59. The maximum absolute atomic E-state index is 12.8. The second-order valence-corrected chi connectivity index (χ2v) is 7.20. The van der Waals surface area contributed by atoms with Crippen molar-refractivity contribution in [2.45, 2.75) is 13.0 Å². The maximum Gasteiger partial charge on any atom is 0.261 e. The lowest BCUT2D eigenvalue weighted by Crippen LogP contribution is -2.25. The van der Waals surface area contributed by atoms with E-state index < -0.39 is 0 Å². The molecule has 1 aromatic heterocycles. The van der Waals surface area contributed by atoms with Crippen molar-refractivity contribution in [2.75, 3.05) is 0 Å². The number of carbonyl (C=O) groups excluding carboxylic acids is 1. The summed E-state index contributed by atoms with van der Waals surface area (Å²) >= 11 is 8.06. The van der Waals surface area contributed by atoms with E-state index in [1.54, 1.807) is 18.2 Å². The lowest BCUT2D eigenvalue weighted by atomic mass is 10.1. The highest BCUT2D eigenvalue weighted by atomic mass is 79.9. The van der Waals surface area contributed by atoms with Gasteiger partial charge in [-0.05, 0) is 62.5 Å². The third-order valence-corrected chi connectivity index (χ3v) is 5.84. The number of benzene rings is 1. The lowest BCUT2D eigenvalue weighted by Gasteiger charge is -2.13. The van der Waals surface area contributed by atoms with Crippen molar-refractivity contribution in [3.05, 3.63) is 54.8 Å². The number of hydrogen-bond acceptors (Lipinski definition) is 2. The molecule has 2 nitrogen and oxygen atoms in total. The molecule has 0 aliphatic carbocycles. The summed E-state index contributed by atoms with van der Waals surface area (Å²) in [5, 5.41) is 2.88. The van der Waals surface area contributed by atoms with Crippen molar-refractivity contribution in [1.29, 1.82) is 0 Å². The number of hydrogen-bond donors (Lipinski definition) is 1. The highest BCUT2D eigenvalue weighted by Crippen LogP contribution is 2.32. The zero-order valence-corrected chi connectivity index (χ0v) is 13.9. The van der Waals surface area contributed by atoms with Crippen molar-refractivity contribution in [3.8, 4) is 0 Å². The quantitative estimate of drug-likeness (QED) is 0.771. The predicted octanol–water partition coefficient (Wildman–Crippen LogP) is 4.90. The summed E-state index contributed by atoms with van der Waals surface area (Å²) in [5.74, 6) is -0.429. The van der Waals surface area contributed by atoms with Crippen molar-refractivity contribution >= 4 is 49.1 Å². The Morgan fingerprint density at radius 1 is 1.32 bits per heavy atom. The van der Waals surface area contributed by atoms with E-state index in [1.165, 1.54) is 23.5 Å². The zero-order valence-electron chi connectivity index (χ0n) is 9.91. The Morgan fingerprint density at radius 3 is 2.47 bits per heavy atom. The molecular formula is C13H10Br2FNOS. The molecule has 1 heterocycles. The van der Waals surface area contributed by atoms with E-state index in [-0.39, 0.29) is 17.8 Å². The number of nitrogens with one attached hydrogen (secondary N) is 1. The van der Waals surface area contributed by atoms with Gasteiger partial charge in [0.2, 0.25) is 0 Å². The molecule has 100 valence electrons. The van der Waals surface area contributed by atoms with Gasteiger partial charge in [0.25, 0.3) is 5.91 Å². The molecule has 1 atom stereocenters. The Balaban J connectivity index is 2.08. The van der Waals surface area contributed by atoms with Gasteiger partial charge in [0, 0.05) is 4.47 Å². The Kier molecular flexibility index (Phi) is 4.76. The molecule has 0 radical (unpaired) electrons. The molecule has 0 saturated carbocycles. The van der Waals surface area contributed by atoms with E-state index in [9.17, 15) is 9.18 Å². The molecule has 1 N–H and O–H groups in total. The van der Waals surface area contributed by atoms with Gasteiger partial charge in [-0.3, -0.25) is 4.79 Å². The van der Waals surface area contributed by atoms with Gasteiger partial charge in [0.1, 0.15) is 5.82 Å². The van der Waals surface area contributed by atoms with Crippen LogP contribution < -0.4 is 5.32 Å². The van der Waals surface area contributed by atoms with Gasteiger partial charge >= 0.3 is 0 Å². The summed E-state index contributed by atoms with van der Waals surface area (Å²) in [4.78, 5) is 12.7. The molecule has 0 fully saturated rings. The van der Waals surface area contributed by atoms with Crippen molar-refractivity contribution in [3.63, 3.8) is 0 Å². The molecule has 2 aromatic rings. The number of carbonyl (C=O) groups is 1. The maximum atomic E-state index is 12.8. The molecule has 19 heavy (non-hydrogen) atoms. The highest BCUT2D eigenvalue weighted by molar-refractivity contribution is 9.13. The summed E-state index contributed by atoms with van der Waals surface area (Å²) in [6.45, 7) is 1.86. The van der Waals surface area contributed by atoms with Gasteiger partial charge in [-0.1, -0.05) is 12.1 Å². The number of amides is 1. The molecule has 0 aliphatic rings. The van der Waals surface area contributed by atoms with Gasteiger partial charge in [-0.25, -0.2) is 4.39 Å². The van der Waals surface area contributed by atoms with Gasteiger partial charge in [-0.15, -0.1) is 11.3 Å². The van der Waals surface area contributed by atoms with Crippen LogP contribution in [-0.2, 0) is 0 Å². The van der Waals surface area contributed by atoms with E-state index >= 15 is 0 Å². The largest absolute Gasteiger partial charge is 0.345 e. The minimum Gasteiger partial charge on any atom is -0.345 e. The SMILES string of the molecule is C[C@@H](NC(=O)c1cc(Br)c(Br)s1)c1ccc(F)cc1. The summed E-state index contributed by atoms with van der Waals surface area (Å²) in [5.41, 5.74) is 0.865. The summed E-state index contributed by atoms with van der Waals surface area (Å²) in [6.07, 6.45) is 0. The summed E-state index contributed by atoms with van der Waals surface area (Å²) < 4.78 is 14.6. The van der Waals surface area contributed by atoms with Crippen LogP contribution in [0.15, 0.2) is 38.6 Å². The van der Waals surface area contributed by atoms with E-state index in [1.807, 2.05) is 6.92 Å². The van der Waals surface area contributed by atoms with Crippen LogP contribution in [0.25, 0.3) is 0 Å². The highest BCUT2D eigenvalue weighted by Gasteiger charge is 2.15. The van der Waals surface area contributed by atoms with E-state index in [0.717, 1.165) is 13.8 Å². The molecular weight excluding hydrogens is 397 g/mol. The van der Waals surface area contributed by atoms with Crippen LogP contribution in [0.4, 0.5) is 4.39 Å². The first-order valence-electron chi connectivity index (χ1n) is 5.48. The summed E-state index contributed by atoms with van der Waals surface area (Å²) in [7, 11) is 0. The van der Waals surface area contributed by atoms with Crippen LogP contribution in [0.5, 0.6) is 0 Å². The average molecular weight is 407 g/mol. The Morgan fingerprint density at radius 2 is 1.95 bits per heavy atom. The molecule has 1 aromatic carbocycles. The molecule has 0 spiro atoms. The van der Waals surface area contributed by atoms with Crippen LogP contribution in [0.2, 0.25) is 0 Å². The second kappa shape index (κ2) is 6.15. The number of thiophene rings is 1. The van der Waals surface area contributed by atoms with Crippen LogP contribution >= 0.6 is 43.2 Å². The van der Waals surface area contributed by atoms with E-state index in [4.69, 9.17) is 0 Å². The fourth-order valence-corrected chi connectivity index (χ4v) is 3.50. The van der Waals surface area contributed by atoms with Gasteiger partial charge in [0.15, 0.2) is 0 Å². The molecule has 0 saturated heterocycles. The third kappa shape index (κ3) is 3.64. The minimum absolute atomic E-state index is 0.145. The van der Waals surface area contributed by atoms with Gasteiger partial charge in [-0.2, -0.15) is 0 Å². The molecule has 1 amide bonds. The van der Waals surface area contributed by atoms with Crippen molar-refractivity contribution < 1.29 is 9.18 Å². The normalized spacial score (nSPS) is 12.2. The van der Waals surface area contributed by atoms with Gasteiger partial charge < -0.3 is 5.32 Å². The predicted molar refractivity (Wildman–Crippen MR) is 82.0 cm³/mol. The lowest BCUT2D eigenvalue weighted by molar-refractivity contribution is 0.0944. The number of rotatable bonds is 3. The molecule has 0 bridgehead atoms. The van der Waals surface area contributed by atoms with Crippen molar-refractivity contribution in [2.24, 2.45) is 0 Å². The van der Waals surface area contributed by atoms with Gasteiger partial charge in [0.05, 0.1) is 14.7 Å². The van der Waals surface area contributed by atoms with Crippen LogP contribution in [-0.4, -0.2) is 5.91 Å². The molecule has 6 heteroatoms. The first-order valence-corrected chi connectivity index (χ1v) is 7.89. The first kappa shape index (κ1) is 14.7. The Bertz CT molecular complexity index is 578. The second-order valence-electron chi connectivity index (χ2n) is 3.98. The topological polar surface area (TPSA) is 29.1 Å². The van der Waals surface area contributed by atoms with Crippen LogP contribution in [0.1, 0.15) is 28.2 Å². The van der Waals surface area contributed by atoms with E-state index in [2.05, 4.69) is 37.2 Å². The minimum atomic E-state index is -0.284. The summed E-state index contributed by atoms with van der Waals surface area (Å²) in [6, 6.07) is 7.70. The molecule has 0 unspecified atom stereocenters. The fourth-order valence-electron chi connectivity index (χ4n) is 1.56. The fraction of sp³-hybridized carbons (Fsp3) is 0.154. The van der Waals surface area contributed by atoms with Crippen molar-refractivity contribution in [1.82, 2.24) is 5.32 Å². The molecule has 0 aliphatic heterocycles. The average Bonchev–Trinajstić information content (AvgIpc) is 2.70. The zero-order chi connectivity index (χ0) is 14.0. The van der Waals surface area contributed by atoms with Crippen LogP contribution in [0, 0.1) is 5.82 Å². The Hall–Kier alpha value is -0.720.